The van der Waals surface area contributed by atoms with Crippen molar-refractivity contribution in [3.05, 3.63) is 204 Å². The van der Waals surface area contributed by atoms with Crippen LogP contribution in [0.5, 0.6) is 0 Å². The molecule has 8 aromatic rings. The first kappa shape index (κ1) is 40.7. The number of rotatable bonds is 2. The zero-order valence-electron chi connectivity index (χ0n) is 29.5. The van der Waals surface area contributed by atoms with Crippen LogP contribution in [0.15, 0.2) is 134 Å². The molecule has 0 bridgehead atoms. The number of para-hydroxylation sites is 4. The van der Waals surface area contributed by atoms with Crippen LogP contribution in [0.3, 0.4) is 0 Å². The van der Waals surface area contributed by atoms with E-state index in [0.29, 0.717) is 22.1 Å². The molecule has 0 amide bonds. The van der Waals surface area contributed by atoms with Crippen molar-refractivity contribution in [2.45, 2.75) is 12.8 Å². The molecule has 57 heavy (non-hydrogen) atoms. The first-order valence-electron chi connectivity index (χ1n) is 17.1. The van der Waals surface area contributed by atoms with Gasteiger partial charge in [0.05, 0.1) is 68.6 Å². The molecule has 10 rings (SSSR count). The van der Waals surface area contributed by atoms with Gasteiger partial charge in [0.15, 0.2) is 0 Å². The van der Waals surface area contributed by atoms with E-state index in [-0.39, 0.29) is 21.7 Å². The molecule has 0 atom stereocenters. The van der Waals surface area contributed by atoms with Crippen LogP contribution in [0.2, 0.25) is 0 Å². The van der Waals surface area contributed by atoms with Crippen LogP contribution in [-0.4, -0.2) is 9.13 Å². The number of fused-ring (bicyclic) bond motifs is 6. The summed E-state index contributed by atoms with van der Waals surface area (Å²) in [6.07, 6.45) is 20.0. The normalized spacial score (nSPS) is 12.4. The Hall–Kier alpha value is -5.97. The average Bonchev–Trinajstić information content (AvgIpc) is 4.07. The zero-order chi connectivity index (χ0) is 39.3. The minimum absolute atomic E-state index is 0. The van der Waals surface area contributed by atoms with Gasteiger partial charge in [-0.3, -0.25) is 29.7 Å². The van der Waals surface area contributed by atoms with Crippen LogP contribution < -0.4 is 0 Å². The largest absolute Gasteiger partial charge is 4.00 e. The van der Waals surface area contributed by atoms with Crippen LogP contribution in [0, 0.1) is 70.8 Å². The van der Waals surface area contributed by atoms with E-state index in [1.807, 2.05) is 24.3 Å². The number of aromatic nitrogens is 2. The van der Waals surface area contributed by atoms with Gasteiger partial charge in [0.25, 0.3) is 0 Å². The van der Waals surface area contributed by atoms with Gasteiger partial charge in [-0.2, -0.15) is 12.2 Å². The molecular formula is C46H26F8N2Ti. The van der Waals surface area contributed by atoms with Crippen LogP contribution in [0.1, 0.15) is 12.8 Å². The topological polar surface area (TPSA) is 9.86 Å². The van der Waals surface area contributed by atoms with E-state index >= 15 is 0 Å². The fourth-order valence-corrected chi connectivity index (χ4v) is 6.42. The zero-order valence-corrected chi connectivity index (χ0v) is 31.1. The van der Waals surface area contributed by atoms with E-state index < -0.39 is 57.9 Å². The van der Waals surface area contributed by atoms with Crippen LogP contribution in [-0.2, 0) is 21.7 Å². The van der Waals surface area contributed by atoms with Gasteiger partial charge >= 0.3 is 21.7 Å². The molecular weight excluding hydrogens is 780 g/mol. The Labute approximate surface area is 336 Å². The van der Waals surface area contributed by atoms with Crippen molar-refractivity contribution in [3.8, 4) is 11.4 Å². The van der Waals surface area contributed by atoms with Crippen molar-refractivity contribution in [3.63, 3.8) is 0 Å². The van der Waals surface area contributed by atoms with Gasteiger partial charge in [-0.1, -0.05) is 72.8 Å². The minimum atomic E-state index is -1.55. The first-order valence-corrected chi connectivity index (χ1v) is 17.1. The Morgan fingerprint density at radius 3 is 0.860 bits per heavy atom. The summed E-state index contributed by atoms with van der Waals surface area (Å²) in [6.45, 7) is 0. The molecule has 0 radical (unpaired) electrons. The molecule has 0 saturated heterocycles. The quantitative estimate of drug-likeness (QED) is 0.0713. The second-order valence-corrected chi connectivity index (χ2v) is 12.2. The Morgan fingerprint density at radius 1 is 0.386 bits per heavy atom. The second kappa shape index (κ2) is 17.9. The van der Waals surface area contributed by atoms with E-state index in [4.69, 9.17) is 0 Å². The third-order valence-corrected chi connectivity index (χ3v) is 8.82. The number of halogens is 8. The van der Waals surface area contributed by atoms with Crippen LogP contribution in [0.4, 0.5) is 35.1 Å². The summed E-state index contributed by atoms with van der Waals surface area (Å²) >= 11 is 0. The molecule has 0 fully saturated rings. The standard InChI is InChI=1S/2C18H8F4N.2C5H5.Ti/c2*19-12-9-13(20)17(22)18(16(12)21)23-14-7-3-1-5-10(14)11-6-2-4-8-15(11)23;2*1-2-4-5-3-1;/h2*1-8H;2*1-3H,4H2;/q4*-1;+4. The second-order valence-electron chi connectivity index (χ2n) is 12.2. The smallest absolute Gasteiger partial charge is 0.327 e. The summed E-state index contributed by atoms with van der Waals surface area (Å²) in [5.74, 6) is -12.1. The van der Waals surface area contributed by atoms with Crippen molar-refractivity contribution in [1.82, 2.24) is 9.13 Å². The number of benzene rings is 6. The molecule has 0 aliphatic heterocycles. The minimum Gasteiger partial charge on any atom is -0.327 e. The van der Waals surface area contributed by atoms with Gasteiger partial charge in [0.2, 0.25) is 0 Å². The van der Waals surface area contributed by atoms with Gasteiger partial charge in [0, 0.05) is 32.9 Å². The van der Waals surface area contributed by atoms with Crippen LogP contribution in [0.25, 0.3) is 55.0 Å². The van der Waals surface area contributed by atoms with Crippen LogP contribution >= 0.6 is 0 Å². The molecule has 0 N–H and O–H groups in total. The van der Waals surface area contributed by atoms with Crippen molar-refractivity contribution in [2.75, 3.05) is 0 Å². The third kappa shape index (κ3) is 8.01. The van der Waals surface area contributed by atoms with Gasteiger partial charge < -0.3 is 9.13 Å². The third-order valence-electron chi connectivity index (χ3n) is 8.82. The van der Waals surface area contributed by atoms with Gasteiger partial charge in [-0.05, 0) is 24.3 Å². The first-order chi connectivity index (χ1) is 27.2. The van der Waals surface area contributed by atoms with E-state index in [1.165, 1.54) is 21.3 Å². The van der Waals surface area contributed by atoms with Crippen molar-refractivity contribution < 1.29 is 56.8 Å². The Balaban J connectivity index is 0.000000152. The maximum Gasteiger partial charge on any atom is 4.00 e. The Bertz CT molecular complexity index is 2490. The van der Waals surface area contributed by atoms with Crippen molar-refractivity contribution >= 4 is 43.6 Å². The SMILES string of the molecule is Fc1[c-]c(F)c(F)c(-n2c3ccccc3c3ccccc32)c1F.Fc1[c-]c(F)c(F)c(-n2c3ccccc3c3ccccc32)c1F.[C-]1=CC=CC1.[C-]1=CC=CC1.[Ti+4]. The summed E-state index contributed by atoms with van der Waals surface area (Å²) in [7, 11) is 0. The maximum atomic E-state index is 14.2. The molecule has 2 aromatic heterocycles. The van der Waals surface area contributed by atoms with Gasteiger partial charge in [-0.15, -0.1) is 25.0 Å². The number of nitrogens with zero attached hydrogens (tertiary/aromatic N) is 2. The molecule has 280 valence electrons. The molecule has 0 spiro atoms. The van der Waals surface area contributed by atoms with Crippen molar-refractivity contribution in [1.29, 1.82) is 0 Å². The van der Waals surface area contributed by atoms with E-state index in [9.17, 15) is 35.1 Å². The average molecular weight is 807 g/mol. The fourth-order valence-electron chi connectivity index (χ4n) is 6.42. The maximum absolute atomic E-state index is 14.2. The molecule has 2 aliphatic carbocycles. The molecule has 2 heterocycles. The molecule has 0 unspecified atom stereocenters. The van der Waals surface area contributed by atoms with E-state index in [0.717, 1.165) is 34.4 Å². The molecule has 2 nitrogen and oxygen atoms in total. The van der Waals surface area contributed by atoms with Crippen molar-refractivity contribution in [2.24, 2.45) is 0 Å². The fraction of sp³-hybridized carbons (Fsp3) is 0.0435. The summed E-state index contributed by atoms with van der Waals surface area (Å²) in [4.78, 5) is 0. The number of hydrogen-bond acceptors (Lipinski definition) is 0. The molecule has 11 heteroatoms. The molecule has 2 aliphatic rings. The number of hydrogen-bond donors (Lipinski definition) is 0. The predicted octanol–water partition coefficient (Wildman–Crippen LogP) is 12.9. The molecule has 0 saturated carbocycles. The van der Waals surface area contributed by atoms with E-state index in [1.54, 1.807) is 97.1 Å². The van der Waals surface area contributed by atoms with Gasteiger partial charge in [-0.25, -0.2) is 41.9 Å². The summed E-state index contributed by atoms with van der Waals surface area (Å²) in [5.41, 5.74) is 0.258. The summed E-state index contributed by atoms with van der Waals surface area (Å²) in [6, 6.07) is 30.4. The van der Waals surface area contributed by atoms with Gasteiger partial charge in [0.1, 0.15) is 0 Å². The Morgan fingerprint density at radius 2 is 0.649 bits per heavy atom. The number of allylic oxidation sites excluding steroid dienone is 8. The van der Waals surface area contributed by atoms with E-state index in [2.05, 4.69) is 24.3 Å². The monoisotopic (exact) mass is 806 g/mol. The summed E-state index contributed by atoms with van der Waals surface area (Å²) < 4.78 is 114. The Kier molecular flexibility index (Phi) is 12.8. The predicted molar refractivity (Wildman–Crippen MR) is 202 cm³/mol. The summed E-state index contributed by atoms with van der Waals surface area (Å²) in [5, 5.41) is 2.93. The molecule has 6 aromatic carbocycles.